The average molecular weight is 355 g/mol. The lowest BCUT2D eigenvalue weighted by Gasteiger charge is -2.06. The van der Waals surface area contributed by atoms with Gasteiger partial charge in [0.15, 0.2) is 0 Å². The minimum absolute atomic E-state index is 0.0671. The summed E-state index contributed by atoms with van der Waals surface area (Å²) in [5.41, 5.74) is 2.32. The van der Waals surface area contributed by atoms with Crippen molar-refractivity contribution in [3.63, 3.8) is 0 Å². The molecule has 2 rings (SSSR count). The van der Waals surface area contributed by atoms with Crippen molar-refractivity contribution in [1.82, 2.24) is 0 Å². The largest absolute Gasteiger partial charge is 0.465 e. The van der Waals surface area contributed by atoms with Crippen LogP contribution in [0.5, 0.6) is 0 Å². The van der Waals surface area contributed by atoms with Gasteiger partial charge in [0.2, 0.25) is 0 Å². The van der Waals surface area contributed by atoms with Crippen molar-refractivity contribution in [3.05, 3.63) is 69.8 Å². The van der Waals surface area contributed by atoms with Crippen molar-refractivity contribution in [2.45, 2.75) is 6.92 Å². The number of carbonyl (C=O) groups is 2. The van der Waals surface area contributed by atoms with Gasteiger partial charge in [0.05, 0.1) is 12.7 Å². The van der Waals surface area contributed by atoms with Gasteiger partial charge in [0.25, 0.3) is 5.91 Å². The highest BCUT2D eigenvalue weighted by Gasteiger charge is 2.11. The molecule has 0 atom stereocenters. The lowest BCUT2D eigenvalue weighted by molar-refractivity contribution is -0.112. The summed E-state index contributed by atoms with van der Waals surface area (Å²) in [7, 11) is 1.30. The Balaban J connectivity index is 2.18. The van der Waals surface area contributed by atoms with E-state index in [1.54, 1.807) is 42.5 Å². The van der Waals surface area contributed by atoms with Gasteiger partial charge >= 0.3 is 5.97 Å². The molecule has 0 aliphatic heterocycles. The van der Waals surface area contributed by atoms with Crippen LogP contribution in [-0.4, -0.2) is 19.0 Å². The molecule has 25 heavy (non-hydrogen) atoms. The monoisotopic (exact) mass is 354 g/mol. The molecule has 1 amide bonds. The van der Waals surface area contributed by atoms with Crippen LogP contribution < -0.4 is 5.32 Å². The Morgan fingerprint density at radius 2 is 1.88 bits per heavy atom. The van der Waals surface area contributed by atoms with Crippen molar-refractivity contribution in [2.75, 3.05) is 12.4 Å². The molecule has 6 heteroatoms. The van der Waals surface area contributed by atoms with E-state index in [1.165, 1.54) is 13.2 Å². The van der Waals surface area contributed by atoms with E-state index in [0.29, 0.717) is 21.8 Å². The Hall–Kier alpha value is -3.10. The molecule has 5 nitrogen and oxygen atoms in total. The van der Waals surface area contributed by atoms with Crippen molar-refractivity contribution >= 4 is 35.2 Å². The molecule has 0 bridgehead atoms. The quantitative estimate of drug-likeness (QED) is 0.511. The molecule has 1 N–H and O–H groups in total. The van der Waals surface area contributed by atoms with Crippen molar-refractivity contribution in [3.8, 4) is 6.07 Å². The number of halogens is 1. The molecule has 0 aromatic heterocycles. The molecule has 0 radical (unpaired) electrons. The second-order valence-corrected chi connectivity index (χ2v) is 5.61. The predicted molar refractivity (Wildman–Crippen MR) is 96.2 cm³/mol. The number of ether oxygens (including phenoxy) is 1. The highest BCUT2D eigenvalue weighted by atomic mass is 35.5. The van der Waals surface area contributed by atoms with Gasteiger partial charge in [0, 0.05) is 10.7 Å². The van der Waals surface area contributed by atoms with Crippen LogP contribution >= 0.6 is 11.6 Å². The summed E-state index contributed by atoms with van der Waals surface area (Å²) in [6.07, 6.45) is 1.44. The fourth-order valence-electron chi connectivity index (χ4n) is 2.02. The van der Waals surface area contributed by atoms with Crippen LogP contribution in [0, 0.1) is 18.3 Å². The Bertz CT molecular complexity index is 881. The molecule has 0 heterocycles. The van der Waals surface area contributed by atoms with E-state index in [1.807, 2.05) is 13.0 Å². The van der Waals surface area contributed by atoms with E-state index >= 15 is 0 Å². The Morgan fingerprint density at radius 3 is 2.44 bits per heavy atom. The fraction of sp³-hybridized carbons (Fsp3) is 0.105. The third kappa shape index (κ3) is 4.69. The summed E-state index contributed by atoms with van der Waals surface area (Å²) in [5, 5.41) is 12.4. The molecule has 2 aromatic carbocycles. The third-order valence-corrected chi connectivity index (χ3v) is 3.84. The van der Waals surface area contributed by atoms with Crippen LogP contribution in [0.3, 0.4) is 0 Å². The molecule has 0 saturated heterocycles. The first-order valence-electron chi connectivity index (χ1n) is 7.32. The summed E-state index contributed by atoms with van der Waals surface area (Å²) in [5.74, 6) is -0.996. The Morgan fingerprint density at radius 1 is 1.20 bits per heavy atom. The number of anilines is 1. The highest BCUT2D eigenvalue weighted by molar-refractivity contribution is 6.31. The van der Waals surface area contributed by atoms with Crippen molar-refractivity contribution < 1.29 is 14.3 Å². The number of hydrogen-bond acceptors (Lipinski definition) is 4. The topological polar surface area (TPSA) is 79.2 Å². The van der Waals surface area contributed by atoms with Crippen molar-refractivity contribution in [2.24, 2.45) is 0 Å². The van der Waals surface area contributed by atoms with Gasteiger partial charge < -0.3 is 10.1 Å². The lowest BCUT2D eigenvalue weighted by atomic mass is 10.1. The standard InChI is InChI=1S/C19H15ClN2O3/c1-12-3-8-16(10-17(12)20)22-18(23)15(11-21)9-13-4-6-14(7-5-13)19(24)25-2/h3-10H,1-2H3,(H,22,23)/b15-9+. The minimum Gasteiger partial charge on any atom is -0.465 e. The molecule has 0 aliphatic rings. The number of rotatable bonds is 4. The summed E-state index contributed by atoms with van der Waals surface area (Å²) in [6, 6.07) is 13.3. The van der Waals surface area contributed by atoms with E-state index in [4.69, 9.17) is 11.6 Å². The van der Waals surface area contributed by atoms with Crippen LogP contribution in [0.15, 0.2) is 48.0 Å². The SMILES string of the molecule is COC(=O)c1ccc(/C=C(\C#N)C(=O)Nc2ccc(C)c(Cl)c2)cc1. The number of methoxy groups -OCH3 is 1. The second-order valence-electron chi connectivity index (χ2n) is 5.20. The Kier molecular flexibility index (Phi) is 5.93. The second kappa shape index (κ2) is 8.13. The number of nitriles is 1. The van der Waals surface area contributed by atoms with Crippen molar-refractivity contribution in [1.29, 1.82) is 5.26 Å². The van der Waals surface area contributed by atoms with E-state index in [2.05, 4.69) is 10.1 Å². The molecular formula is C19H15ClN2O3. The Labute approximate surface area is 150 Å². The highest BCUT2D eigenvalue weighted by Crippen LogP contribution is 2.20. The molecule has 0 unspecified atom stereocenters. The van der Waals surface area contributed by atoms with E-state index < -0.39 is 11.9 Å². The number of nitrogens with zero attached hydrogens (tertiary/aromatic N) is 1. The first-order valence-corrected chi connectivity index (χ1v) is 7.70. The molecule has 2 aromatic rings. The minimum atomic E-state index is -0.542. The molecule has 0 fully saturated rings. The smallest absolute Gasteiger partial charge is 0.337 e. The number of aryl methyl sites for hydroxylation is 1. The number of nitrogens with one attached hydrogen (secondary N) is 1. The lowest BCUT2D eigenvalue weighted by Crippen LogP contribution is -2.13. The molecular weight excluding hydrogens is 340 g/mol. The summed E-state index contributed by atoms with van der Waals surface area (Å²) < 4.78 is 4.62. The van der Waals surface area contributed by atoms with Crippen LogP contribution in [0.1, 0.15) is 21.5 Å². The van der Waals surface area contributed by atoms with Gasteiger partial charge in [-0.1, -0.05) is 29.8 Å². The van der Waals surface area contributed by atoms with E-state index in [9.17, 15) is 14.9 Å². The first kappa shape index (κ1) is 18.2. The van der Waals surface area contributed by atoms with Gasteiger partial charge in [-0.3, -0.25) is 4.79 Å². The number of amides is 1. The van der Waals surface area contributed by atoms with Crippen LogP contribution in [0.4, 0.5) is 5.69 Å². The zero-order valence-electron chi connectivity index (χ0n) is 13.7. The zero-order chi connectivity index (χ0) is 18.4. The average Bonchev–Trinajstić information content (AvgIpc) is 2.62. The molecule has 0 aliphatic carbocycles. The zero-order valence-corrected chi connectivity index (χ0v) is 14.4. The van der Waals surface area contributed by atoms with Crippen LogP contribution in [0.2, 0.25) is 5.02 Å². The number of hydrogen-bond donors (Lipinski definition) is 1. The number of carbonyl (C=O) groups excluding carboxylic acids is 2. The van der Waals surface area contributed by atoms with Gasteiger partial charge in [0.1, 0.15) is 11.6 Å². The number of esters is 1. The maximum Gasteiger partial charge on any atom is 0.337 e. The van der Waals surface area contributed by atoms with Gasteiger partial charge in [-0.25, -0.2) is 4.79 Å². The third-order valence-electron chi connectivity index (χ3n) is 3.44. The van der Waals surface area contributed by atoms with Crippen LogP contribution in [-0.2, 0) is 9.53 Å². The van der Waals surface area contributed by atoms with Crippen LogP contribution in [0.25, 0.3) is 6.08 Å². The summed E-state index contributed by atoms with van der Waals surface area (Å²) >= 11 is 6.02. The fourth-order valence-corrected chi connectivity index (χ4v) is 2.20. The maximum atomic E-state index is 12.2. The number of benzene rings is 2. The van der Waals surface area contributed by atoms with Gasteiger partial charge in [-0.2, -0.15) is 5.26 Å². The summed E-state index contributed by atoms with van der Waals surface area (Å²) in [6.45, 7) is 1.85. The molecule has 126 valence electrons. The van der Waals surface area contributed by atoms with E-state index in [0.717, 1.165) is 5.56 Å². The molecule has 0 saturated carbocycles. The molecule has 0 spiro atoms. The maximum absolute atomic E-state index is 12.2. The normalized spacial score (nSPS) is 10.7. The first-order chi connectivity index (χ1) is 11.9. The van der Waals surface area contributed by atoms with Gasteiger partial charge in [-0.05, 0) is 48.4 Å². The van der Waals surface area contributed by atoms with Gasteiger partial charge in [-0.15, -0.1) is 0 Å². The summed E-state index contributed by atoms with van der Waals surface area (Å²) in [4.78, 5) is 23.6. The van der Waals surface area contributed by atoms with E-state index in [-0.39, 0.29) is 5.57 Å². The predicted octanol–water partition coefficient (Wildman–Crippen LogP) is 3.98.